The Labute approximate surface area is 333 Å². The minimum absolute atomic E-state index is 0.0532. The maximum atomic E-state index is 13.9. The quantitative estimate of drug-likeness (QED) is 0.0367. The first-order chi connectivity index (χ1) is 25.9. The van der Waals surface area contributed by atoms with Gasteiger partial charge in [-0.2, -0.15) is 0 Å². The molecule has 10 nitrogen and oxygen atoms in total. The highest BCUT2D eigenvalue weighted by atomic mass is 32.2. The summed E-state index contributed by atoms with van der Waals surface area (Å²) < 4.78 is 48.8. The molecule has 1 fully saturated rings. The number of rotatable bonds is 15. The largest absolute Gasteiger partial charge is 0.591 e. The molecule has 13 heteroatoms. The first-order valence-corrected chi connectivity index (χ1v) is 23.2. The van der Waals surface area contributed by atoms with Gasteiger partial charge in [-0.05, 0) is 81.7 Å². The number of benzene rings is 3. The molecule has 0 bridgehead atoms. The predicted molar refractivity (Wildman–Crippen MR) is 221 cm³/mol. The van der Waals surface area contributed by atoms with Gasteiger partial charge in [-0.25, -0.2) is 14.4 Å². The number of hydrogen-bond donors (Lipinski definition) is 0. The first kappa shape index (κ1) is 44.0. The van der Waals surface area contributed by atoms with Crippen molar-refractivity contribution in [3.8, 4) is 0 Å². The second kappa shape index (κ2) is 19.4. The van der Waals surface area contributed by atoms with Crippen molar-refractivity contribution in [2.75, 3.05) is 6.61 Å². The van der Waals surface area contributed by atoms with Crippen LogP contribution in [0, 0.1) is 0 Å². The number of thioether (sulfide) groups is 1. The van der Waals surface area contributed by atoms with Crippen molar-refractivity contribution in [1.82, 2.24) is 0 Å². The third-order valence-electron chi connectivity index (χ3n) is 9.31. The van der Waals surface area contributed by atoms with Gasteiger partial charge in [-0.1, -0.05) is 85.8 Å². The number of esters is 3. The van der Waals surface area contributed by atoms with Crippen LogP contribution in [-0.4, -0.2) is 83.4 Å². The highest BCUT2D eigenvalue weighted by molar-refractivity contribution is 8.00. The second-order valence-electron chi connectivity index (χ2n) is 15.6. The average molecular weight is 808 g/mol. The van der Waals surface area contributed by atoms with Crippen LogP contribution in [0.25, 0.3) is 0 Å². The van der Waals surface area contributed by atoms with Crippen molar-refractivity contribution < 1.29 is 42.3 Å². The van der Waals surface area contributed by atoms with Crippen LogP contribution < -0.4 is 0 Å². The molecule has 296 valence electrons. The van der Waals surface area contributed by atoms with E-state index >= 15 is 0 Å². The number of allylic oxidation sites excluding steroid dienone is 1. The monoisotopic (exact) mass is 807 g/mol. The first-order valence-electron chi connectivity index (χ1n) is 18.2. The van der Waals surface area contributed by atoms with Gasteiger partial charge in [0.15, 0.2) is 26.6 Å². The lowest BCUT2D eigenvalue weighted by molar-refractivity contribution is -0.181. The zero-order valence-electron chi connectivity index (χ0n) is 32.8. The summed E-state index contributed by atoms with van der Waals surface area (Å²) in [6, 6.07) is 25.0. The summed E-state index contributed by atoms with van der Waals surface area (Å²) in [5.41, 5.74) is -0.302. The fraction of sp³-hybridized carbons (Fsp3) is 0.429. The summed E-state index contributed by atoms with van der Waals surface area (Å²) in [5, 5.41) is -0.299. The highest BCUT2D eigenvalue weighted by Gasteiger charge is 2.53. The lowest BCUT2D eigenvalue weighted by atomic mass is 9.99. The molecule has 1 saturated heterocycles. The molecule has 1 heterocycles. The summed E-state index contributed by atoms with van der Waals surface area (Å²) in [4.78, 5) is 41.5. The molecule has 0 spiro atoms. The van der Waals surface area contributed by atoms with E-state index in [0.717, 1.165) is 0 Å². The van der Waals surface area contributed by atoms with Crippen LogP contribution in [0.15, 0.2) is 108 Å². The Morgan fingerprint density at radius 1 is 0.800 bits per heavy atom. The lowest BCUT2D eigenvalue weighted by Gasteiger charge is -2.44. The predicted octanol–water partition coefficient (Wildman–Crippen LogP) is 8.62. The second-order valence-corrected chi connectivity index (χ2v) is 23.8. The minimum atomic E-state index is -2.20. The van der Waals surface area contributed by atoms with Gasteiger partial charge in [0.25, 0.3) is 0 Å². The Morgan fingerprint density at radius 3 is 1.65 bits per heavy atom. The van der Waals surface area contributed by atoms with E-state index in [4.69, 9.17) is 23.4 Å². The zero-order chi connectivity index (χ0) is 40.4. The molecule has 0 amide bonds. The molecule has 7 unspecified atom stereocenters. The summed E-state index contributed by atoms with van der Waals surface area (Å²) in [6.45, 7) is 20.4. The van der Waals surface area contributed by atoms with Crippen LogP contribution in [-0.2, 0) is 34.7 Å². The van der Waals surface area contributed by atoms with E-state index in [1.54, 1.807) is 118 Å². The molecular weight excluding hydrogens is 755 g/mol. The molecule has 4 rings (SSSR count). The van der Waals surface area contributed by atoms with Crippen molar-refractivity contribution in [3.05, 3.63) is 120 Å². The van der Waals surface area contributed by atoms with E-state index in [-0.39, 0.29) is 27.0 Å². The van der Waals surface area contributed by atoms with Crippen molar-refractivity contribution >= 4 is 55.6 Å². The van der Waals surface area contributed by atoms with Crippen LogP contribution in [0.1, 0.15) is 79.0 Å². The molecule has 1 aliphatic heterocycles. The summed E-state index contributed by atoms with van der Waals surface area (Å²) in [7, 11) is -2.20. The molecule has 0 N–H and O–H groups in total. The van der Waals surface area contributed by atoms with Gasteiger partial charge in [0, 0.05) is 11.9 Å². The van der Waals surface area contributed by atoms with Crippen molar-refractivity contribution in [2.24, 2.45) is 4.40 Å². The summed E-state index contributed by atoms with van der Waals surface area (Å²) in [6.07, 6.45) is -1.70. The van der Waals surface area contributed by atoms with Gasteiger partial charge in [0.2, 0.25) is 0 Å². The SMILES string of the molecule is C=CCC(CO[Si](C)(C)C(C)(C)C)SC1OC(C=N[S+]([O-])C(C)(C)C)C(OC(=O)c2ccccc2)C(OC(=O)c2ccccc2)C1OC(=O)c1ccccc1. The number of hydrogen-bond acceptors (Lipinski definition) is 11. The lowest BCUT2D eigenvalue weighted by Crippen LogP contribution is -2.61. The normalized spacial score (nSPS) is 21.7. The zero-order valence-corrected chi connectivity index (χ0v) is 35.5. The topological polar surface area (TPSA) is 133 Å². The van der Waals surface area contributed by atoms with Crippen LogP contribution >= 0.6 is 11.8 Å². The van der Waals surface area contributed by atoms with Crippen molar-refractivity contribution in [3.63, 3.8) is 0 Å². The fourth-order valence-electron chi connectivity index (χ4n) is 5.09. The molecule has 0 aliphatic carbocycles. The minimum Gasteiger partial charge on any atom is -0.591 e. The van der Waals surface area contributed by atoms with Crippen LogP contribution in [0.2, 0.25) is 18.1 Å². The third-order valence-corrected chi connectivity index (χ3v) is 16.5. The molecule has 7 atom stereocenters. The summed E-state index contributed by atoms with van der Waals surface area (Å²) in [5.74, 6) is -2.18. The van der Waals surface area contributed by atoms with E-state index in [9.17, 15) is 18.9 Å². The Bertz CT molecular complexity index is 1750. The molecule has 55 heavy (non-hydrogen) atoms. The molecule has 3 aromatic rings. The van der Waals surface area contributed by atoms with Gasteiger partial charge in [-0.15, -0.1) is 18.3 Å². The van der Waals surface area contributed by atoms with Gasteiger partial charge < -0.3 is 27.9 Å². The van der Waals surface area contributed by atoms with Gasteiger partial charge in [-0.3, -0.25) is 0 Å². The van der Waals surface area contributed by atoms with Gasteiger partial charge >= 0.3 is 17.9 Å². The number of carbonyl (C=O) groups excluding carboxylic acids is 3. The van der Waals surface area contributed by atoms with Crippen LogP contribution in [0.5, 0.6) is 0 Å². The van der Waals surface area contributed by atoms with E-state index in [1.165, 1.54) is 18.0 Å². The molecule has 0 aromatic heterocycles. The number of nitrogens with zero attached hydrogens (tertiary/aromatic N) is 1. The third kappa shape index (κ3) is 12.4. The van der Waals surface area contributed by atoms with E-state index in [2.05, 4.69) is 44.8 Å². The number of carbonyl (C=O) groups is 3. The summed E-state index contributed by atoms with van der Waals surface area (Å²) >= 11 is -0.392. The smallest absolute Gasteiger partial charge is 0.338 e. The maximum absolute atomic E-state index is 13.9. The van der Waals surface area contributed by atoms with Crippen LogP contribution in [0.3, 0.4) is 0 Å². The number of ether oxygens (including phenoxy) is 4. The average Bonchev–Trinajstić information content (AvgIpc) is 3.15. The van der Waals surface area contributed by atoms with Crippen molar-refractivity contribution in [1.29, 1.82) is 0 Å². The van der Waals surface area contributed by atoms with Crippen molar-refractivity contribution in [2.45, 2.75) is 106 Å². The maximum Gasteiger partial charge on any atom is 0.338 e. The Kier molecular flexibility index (Phi) is 15.5. The fourth-order valence-corrected chi connectivity index (χ4v) is 8.14. The molecule has 0 radical (unpaired) electrons. The van der Waals surface area contributed by atoms with E-state index in [1.807, 2.05) is 0 Å². The molecular formula is C42H53NO9S2Si. The standard InChI is InChI=1S/C42H53NO9S2Si/c1-10-20-32(28-48-55(8,9)42(5,6)7)53-40-36(52-39(46)31-25-18-13-19-26-31)35(51-38(45)30-23-16-12-17-24-30)34(50-37(44)29-21-14-11-15-22-29)33(49-40)27-43-54(47)41(2,3)4/h10-19,21-27,32-36,40H,1,20,28H2,2-9H3. The Balaban J connectivity index is 1.86. The molecule has 1 aliphatic rings. The Hall–Kier alpha value is -3.72. The van der Waals surface area contributed by atoms with Gasteiger partial charge in [0.1, 0.15) is 27.6 Å². The molecule has 3 aromatic carbocycles. The van der Waals surface area contributed by atoms with E-state index < -0.39 is 72.2 Å². The highest BCUT2D eigenvalue weighted by Crippen LogP contribution is 2.40. The molecule has 0 saturated carbocycles. The Morgan fingerprint density at radius 2 is 1.24 bits per heavy atom. The van der Waals surface area contributed by atoms with Crippen LogP contribution in [0.4, 0.5) is 0 Å². The van der Waals surface area contributed by atoms with E-state index in [0.29, 0.717) is 13.0 Å². The van der Waals surface area contributed by atoms with Gasteiger partial charge in [0.05, 0.1) is 22.9 Å².